The number of nitrogens with zero attached hydrogens (tertiary/aromatic N) is 1. The molecule has 3 aromatic carbocycles. The number of fused-ring (bicyclic) bond motifs is 3. The lowest BCUT2D eigenvalue weighted by Crippen LogP contribution is -1.94. The number of rotatable bonds is 3. The Morgan fingerprint density at radius 2 is 1.85 bits per heavy atom. The highest BCUT2D eigenvalue weighted by Crippen LogP contribution is 2.27. The Balaban J connectivity index is 0.000000161. The number of hydrogen-bond acceptors (Lipinski definition) is 5. The van der Waals surface area contributed by atoms with Gasteiger partial charge in [0, 0.05) is 12.4 Å². The summed E-state index contributed by atoms with van der Waals surface area (Å²) in [5, 5.41) is 16.3. The minimum Gasteiger partial charge on any atom is -0.508 e. The number of aromatic hydroxyl groups is 1. The molecule has 0 atom stereocenters. The molecule has 4 aromatic rings. The maximum Gasteiger partial charge on any atom is 0.185 e. The van der Waals surface area contributed by atoms with Crippen LogP contribution < -0.4 is 5.43 Å². The third-order valence-corrected chi connectivity index (χ3v) is 4.12. The number of phenols is 1. The van der Waals surface area contributed by atoms with Crippen molar-refractivity contribution in [2.45, 2.75) is 6.92 Å². The fourth-order valence-corrected chi connectivity index (χ4v) is 2.77. The van der Waals surface area contributed by atoms with Crippen LogP contribution in [0.5, 0.6) is 5.75 Å². The molecule has 0 bridgehead atoms. The van der Waals surface area contributed by atoms with Crippen LogP contribution in [0.3, 0.4) is 0 Å². The van der Waals surface area contributed by atoms with Crippen LogP contribution in [0, 0.1) is 6.92 Å². The van der Waals surface area contributed by atoms with Gasteiger partial charge in [-0.1, -0.05) is 30.3 Å². The van der Waals surface area contributed by atoms with Crippen molar-refractivity contribution in [3.63, 3.8) is 0 Å². The molecule has 0 radical (unpaired) electrons. The van der Waals surface area contributed by atoms with E-state index in [0.29, 0.717) is 11.5 Å². The van der Waals surface area contributed by atoms with Crippen molar-refractivity contribution in [2.24, 2.45) is 5.10 Å². The number of carbonyl (C=O) groups excluding carboxylic acids is 1. The predicted octanol–water partition coefficient (Wildman–Crippen LogP) is 4.65. The molecule has 5 nitrogen and oxygen atoms in total. The van der Waals surface area contributed by atoms with Crippen molar-refractivity contribution < 1.29 is 14.3 Å². The lowest BCUT2D eigenvalue weighted by atomic mass is 10.1. The van der Waals surface area contributed by atoms with E-state index in [0.717, 1.165) is 39.2 Å². The Labute approximate surface area is 156 Å². The summed E-state index contributed by atoms with van der Waals surface area (Å²) in [6.45, 7) is 1.85. The number of nitrogens with one attached hydrogen (secondary N) is 1. The smallest absolute Gasteiger partial charge is 0.185 e. The first-order valence-corrected chi connectivity index (χ1v) is 8.48. The molecule has 136 valence electrons. The summed E-state index contributed by atoms with van der Waals surface area (Å²) in [6.07, 6.45) is 2.43. The van der Waals surface area contributed by atoms with E-state index in [9.17, 15) is 9.90 Å². The molecule has 0 aliphatic carbocycles. The molecule has 1 aromatic heterocycles. The van der Waals surface area contributed by atoms with Crippen molar-refractivity contribution in [2.75, 3.05) is 7.05 Å². The summed E-state index contributed by atoms with van der Waals surface area (Å²) in [5.41, 5.74) is 5.25. The third-order valence-electron chi connectivity index (χ3n) is 4.12. The fourth-order valence-electron chi connectivity index (χ4n) is 2.77. The summed E-state index contributed by atoms with van der Waals surface area (Å²) in [5.74, 6) is 0.693. The number of benzene rings is 3. The van der Waals surface area contributed by atoms with Gasteiger partial charge in [-0.05, 0) is 59.2 Å². The minimum absolute atomic E-state index is 0.316. The van der Waals surface area contributed by atoms with Crippen molar-refractivity contribution >= 4 is 34.2 Å². The van der Waals surface area contributed by atoms with E-state index >= 15 is 0 Å². The van der Waals surface area contributed by atoms with Gasteiger partial charge >= 0.3 is 0 Å². The highest BCUT2D eigenvalue weighted by atomic mass is 16.3. The first-order valence-electron chi connectivity index (χ1n) is 8.48. The molecule has 27 heavy (non-hydrogen) atoms. The Bertz CT molecular complexity index is 1110. The number of furan rings is 1. The Hall–Kier alpha value is -3.60. The van der Waals surface area contributed by atoms with Gasteiger partial charge in [0.05, 0.1) is 6.21 Å². The molecule has 2 N–H and O–H groups in total. The van der Waals surface area contributed by atoms with Crippen molar-refractivity contribution in [1.29, 1.82) is 0 Å². The van der Waals surface area contributed by atoms with Gasteiger partial charge in [0.15, 0.2) is 12.0 Å². The standard InChI is InChI=1S/C13H8O2.C9H12N2O/c14-8-10-7-12-11-4-2-1-3-9(11)5-6-13(12)15-10;1-7-5-8(6-11-10-2)3-4-9(7)12/h1-8H;3-6,10,12H,1-2H3/b;11-6+. The number of carbonyl (C=O) groups is 1. The van der Waals surface area contributed by atoms with E-state index in [1.165, 1.54) is 0 Å². The predicted molar refractivity (Wildman–Crippen MR) is 109 cm³/mol. The summed E-state index contributed by atoms with van der Waals surface area (Å²) in [7, 11) is 1.74. The average Bonchev–Trinajstić information content (AvgIpc) is 3.13. The van der Waals surface area contributed by atoms with Gasteiger partial charge in [0.25, 0.3) is 0 Å². The van der Waals surface area contributed by atoms with E-state index in [1.54, 1.807) is 25.4 Å². The highest BCUT2D eigenvalue weighted by Gasteiger charge is 2.05. The van der Waals surface area contributed by atoms with Crippen LogP contribution in [0.2, 0.25) is 0 Å². The summed E-state index contributed by atoms with van der Waals surface area (Å²) < 4.78 is 5.36. The van der Waals surface area contributed by atoms with E-state index in [-0.39, 0.29) is 0 Å². The average molecular weight is 360 g/mol. The van der Waals surface area contributed by atoms with E-state index in [1.807, 2.05) is 55.5 Å². The second-order valence-corrected chi connectivity index (χ2v) is 5.99. The molecule has 0 amide bonds. The second-order valence-electron chi connectivity index (χ2n) is 5.99. The number of hydrogen-bond donors (Lipinski definition) is 2. The van der Waals surface area contributed by atoms with Crippen LogP contribution in [0.25, 0.3) is 21.7 Å². The van der Waals surface area contributed by atoms with E-state index in [2.05, 4.69) is 10.5 Å². The number of aryl methyl sites for hydroxylation is 1. The zero-order chi connectivity index (χ0) is 19.2. The van der Waals surface area contributed by atoms with Crippen LogP contribution in [-0.4, -0.2) is 24.7 Å². The van der Waals surface area contributed by atoms with Crippen LogP contribution in [-0.2, 0) is 0 Å². The molecule has 0 saturated heterocycles. The number of hydrazone groups is 1. The van der Waals surface area contributed by atoms with Crippen LogP contribution >= 0.6 is 0 Å². The Morgan fingerprint density at radius 3 is 2.59 bits per heavy atom. The molecule has 0 aliphatic rings. The zero-order valence-corrected chi connectivity index (χ0v) is 15.1. The topological polar surface area (TPSA) is 74.8 Å². The normalized spacial score (nSPS) is 10.7. The SMILES string of the molecule is CN/N=C/c1ccc(O)c(C)c1.O=Cc1cc2c(ccc3ccccc32)o1. The molecule has 0 unspecified atom stereocenters. The largest absolute Gasteiger partial charge is 0.508 e. The second kappa shape index (κ2) is 8.19. The first kappa shape index (κ1) is 18.2. The number of phenolic OH excluding ortho intramolecular Hbond substituents is 1. The van der Waals surface area contributed by atoms with Crippen LogP contribution in [0.1, 0.15) is 21.7 Å². The van der Waals surface area contributed by atoms with Gasteiger partial charge in [-0.15, -0.1) is 0 Å². The highest BCUT2D eigenvalue weighted by molar-refractivity contribution is 6.07. The molecule has 1 heterocycles. The van der Waals surface area contributed by atoms with Crippen LogP contribution in [0.15, 0.2) is 70.2 Å². The number of aldehydes is 1. The van der Waals surface area contributed by atoms with Gasteiger partial charge in [-0.3, -0.25) is 4.79 Å². The van der Waals surface area contributed by atoms with Gasteiger partial charge in [0.2, 0.25) is 0 Å². The molecule has 0 aliphatic heterocycles. The van der Waals surface area contributed by atoms with Gasteiger partial charge in [0.1, 0.15) is 11.3 Å². The molecule has 5 heteroatoms. The molecular weight excluding hydrogens is 340 g/mol. The van der Waals surface area contributed by atoms with Gasteiger partial charge in [-0.25, -0.2) is 0 Å². The molecular formula is C22H20N2O3. The minimum atomic E-state index is 0.316. The zero-order valence-electron chi connectivity index (χ0n) is 15.1. The molecule has 0 spiro atoms. The maximum absolute atomic E-state index is 10.6. The third kappa shape index (κ3) is 4.15. The van der Waals surface area contributed by atoms with Crippen LogP contribution in [0.4, 0.5) is 0 Å². The van der Waals surface area contributed by atoms with Gasteiger partial charge < -0.3 is 14.9 Å². The summed E-state index contributed by atoms with van der Waals surface area (Å²) in [4.78, 5) is 10.6. The molecule has 4 rings (SSSR count). The molecule has 0 fully saturated rings. The maximum atomic E-state index is 10.6. The fraction of sp³-hybridized carbons (Fsp3) is 0.0909. The summed E-state index contributed by atoms with van der Waals surface area (Å²) >= 11 is 0. The quantitative estimate of drug-likeness (QED) is 0.317. The van der Waals surface area contributed by atoms with E-state index < -0.39 is 0 Å². The lowest BCUT2D eigenvalue weighted by Gasteiger charge is -1.98. The molecule has 0 saturated carbocycles. The Kier molecular flexibility index (Phi) is 5.52. The first-order chi connectivity index (χ1) is 13.1. The van der Waals surface area contributed by atoms with E-state index in [4.69, 9.17) is 4.42 Å². The lowest BCUT2D eigenvalue weighted by molar-refractivity contribution is 0.110. The van der Waals surface area contributed by atoms with Crippen molar-refractivity contribution in [3.05, 3.63) is 77.6 Å². The van der Waals surface area contributed by atoms with Gasteiger partial charge in [-0.2, -0.15) is 5.10 Å². The summed E-state index contributed by atoms with van der Waals surface area (Å²) in [6, 6.07) is 19.1. The monoisotopic (exact) mass is 360 g/mol. The Morgan fingerprint density at radius 1 is 1.04 bits per heavy atom. The van der Waals surface area contributed by atoms with Crippen molar-refractivity contribution in [1.82, 2.24) is 5.43 Å². The van der Waals surface area contributed by atoms with Crippen molar-refractivity contribution in [3.8, 4) is 5.75 Å².